The van der Waals surface area contributed by atoms with Crippen LogP contribution in [0.1, 0.15) is 36.8 Å². The van der Waals surface area contributed by atoms with Gasteiger partial charge >= 0.3 is 0 Å². The fourth-order valence-electron chi connectivity index (χ4n) is 4.03. The Balaban J connectivity index is 1.77. The predicted octanol–water partition coefficient (Wildman–Crippen LogP) is 1.65. The summed E-state index contributed by atoms with van der Waals surface area (Å²) in [6, 6.07) is 8.24. The van der Waals surface area contributed by atoms with Gasteiger partial charge in [-0.15, -0.1) is 0 Å². The van der Waals surface area contributed by atoms with E-state index in [1.54, 1.807) is 28.6 Å². The quantitative estimate of drug-likeness (QED) is 0.903. The Bertz CT molecular complexity index is 953. The molecule has 1 N–H and O–H groups in total. The molecule has 0 unspecified atom stereocenters. The van der Waals surface area contributed by atoms with Crippen LogP contribution in [0.3, 0.4) is 0 Å². The molecule has 1 aromatic heterocycles. The van der Waals surface area contributed by atoms with Gasteiger partial charge in [-0.3, -0.25) is 4.79 Å². The van der Waals surface area contributed by atoms with Crippen molar-refractivity contribution in [3.63, 3.8) is 0 Å². The van der Waals surface area contributed by atoms with E-state index in [9.17, 15) is 13.2 Å². The van der Waals surface area contributed by atoms with Crippen molar-refractivity contribution in [3.05, 3.63) is 57.8 Å². The number of benzene rings is 1. The largest absolute Gasteiger partial charge is 0.310 e. The molecule has 132 valence electrons. The molecule has 3 heterocycles. The Morgan fingerprint density at radius 1 is 1.16 bits per heavy atom. The van der Waals surface area contributed by atoms with Crippen LogP contribution in [0.5, 0.6) is 0 Å². The maximum absolute atomic E-state index is 13.2. The van der Waals surface area contributed by atoms with Gasteiger partial charge in [0.15, 0.2) is 0 Å². The maximum Gasteiger partial charge on any atom is 0.254 e. The van der Waals surface area contributed by atoms with E-state index in [2.05, 4.69) is 9.97 Å². The maximum atomic E-state index is 13.2. The lowest BCUT2D eigenvalue weighted by molar-refractivity contribution is 0.327. The third-order valence-electron chi connectivity index (χ3n) is 5.23. The molecule has 6 nitrogen and oxygen atoms in total. The Morgan fingerprint density at radius 2 is 1.84 bits per heavy atom. The molecule has 4 rings (SSSR count). The van der Waals surface area contributed by atoms with Crippen molar-refractivity contribution < 1.29 is 8.42 Å². The molecule has 2 atom stereocenters. The summed E-state index contributed by atoms with van der Waals surface area (Å²) in [5.41, 5.74) is 1.30. The molecular formula is C18H21N3O3S. The molecule has 1 saturated heterocycles. The first-order chi connectivity index (χ1) is 12.0. The number of nitrogens with one attached hydrogen (secondary N) is 1. The normalized spacial score (nSPS) is 23.2. The van der Waals surface area contributed by atoms with Crippen molar-refractivity contribution in [1.29, 1.82) is 0 Å². The minimum atomic E-state index is -3.57. The second kappa shape index (κ2) is 6.07. The first-order valence-electron chi connectivity index (χ1n) is 8.70. The molecule has 0 spiro atoms. The highest BCUT2D eigenvalue weighted by Crippen LogP contribution is 2.36. The number of aromatic nitrogens is 2. The van der Waals surface area contributed by atoms with Crippen molar-refractivity contribution in [1.82, 2.24) is 14.3 Å². The second-order valence-electron chi connectivity index (χ2n) is 6.73. The number of aryl methyl sites for hydroxylation is 1. The number of rotatable bonds is 3. The number of nitrogens with zero attached hydrogens (tertiary/aromatic N) is 2. The molecule has 2 bridgehead atoms. The first-order valence-corrected chi connectivity index (χ1v) is 10.1. The van der Waals surface area contributed by atoms with E-state index in [1.807, 2.05) is 13.0 Å². The van der Waals surface area contributed by atoms with Crippen molar-refractivity contribution in [3.8, 4) is 0 Å². The van der Waals surface area contributed by atoms with Gasteiger partial charge in [-0.25, -0.2) is 13.4 Å². The van der Waals surface area contributed by atoms with Crippen LogP contribution in [0.25, 0.3) is 0 Å². The van der Waals surface area contributed by atoms with E-state index in [0.29, 0.717) is 35.5 Å². The zero-order valence-corrected chi connectivity index (χ0v) is 14.9. The summed E-state index contributed by atoms with van der Waals surface area (Å²) < 4.78 is 28.0. The van der Waals surface area contributed by atoms with Crippen molar-refractivity contribution in [2.24, 2.45) is 0 Å². The lowest BCUT2D eigenvalue weighted by Crippen LogP contribution is -2.41. The Hall–Kier alpha value is -1.99. The van der Waals surface area contributed by atoms with Gasteiger partial charge in [0.2, 0.25) is 10.0 Å². The summed E-state index contributed by atoms with van der Waals surface area (Å²) in [4.78, 5) is 20.2. The lowest BCUT2D eigenvalue weighted by atomic mass is 9.98. The van der Waals surface area contributed by atoms with E-state index in [0.717, 1.165) is 18.5 Å². The molecule has 1 fully saturated rings. The summed E-state index contributed by atoms with van der Waals surface area (Å²) in [5, 5.41) is 0. The fourth-order valence-corrected chi connectivity index (χ4v) is 5.92. The molecule has 2 aromatic rings. The fraction of sp³-hybridized carbons (Fsp3) is 0.444. The van der Waals surface area contributed by atoms with Gasteiger partial charge in [0.05, 0.1) is 10.6 Å². The zero-order chi connectivity index (χ0) is 17.6. The van der Waals surface area contributed by atoms with E-state index in [4.69, 9.17) is 0 Å². The number of sulfonamides is 1. The second-order valence-corrected chi connectivity index (χ2v) is 8.58. The Labute approximate surface area is 147 Å². The summed E-state index contributed by atoms with van der Waals surface area (Å²) in [5.74, 6) is 0.666. The van der Waals surface area contributed by atoms with Gasteiger partial charge in [-0.2, -0.15) is 4.31 Å². The SMILES string of the molecule is CCc1nc2c(c(=O)[nH]1)C[C@H]1CC[C@@H](C2)N1S(=O)(=O)c1ccccc1. The molecule has 0 radical (unpaired) electrons. The molecule has 2 aliphatic heterocycles. The van der Waals surface area contributed by atoms with Crippen LogP contribution in [0.2, 0.25) is 0 Å². The predicted molar refractivity (Wildman–Crippen MR) is 93.9 cm³/mol. The average molecular weight is 359 g/mol. The van der Waals surface area contributed by atoms with E-state index in [-0.39, 0.29) is 17.6 Å². The number of fused-ring (bicyclic) bond motifs is 3. The van der Waals surface area contributed by atoms with Crippen LogP contribution in [0.4, 0.5) is 0 Å². The summed E-state index contributed by atoms with van der Waals surface area (Å²) >= 11 is 0. The van der Waals surface area contributed by atoms with Gasteiger partial charge in [-0.05, 0) is 31.4 Å². The van der Waals surface area contributed by atoms with E-state index >= 15 is 0 Å². The highest BCUT2D eigenvalue weighted by molar-refractivity contribution is 7.89. The van der Waals surface area contributed by atoms with Gasteiger partial charge in [0.25, 0.3) is 5.56 Å². The topological polar surface area (TPSA) is 83.1 Å². The van der Waals surface area contributed by atoms with Crippen LogP contribution in [-0.2, 0) is 29.3 Å². The molecular weight excluding hydrogens is 338 g/mol. The van der Waals surface area contributed by atoms with Gasteiger partial charge in [0, 0.05) is 30.5 Å². The highest BCUT2D eigenvalue weighted by Gasteiger charge is 2.45. The molecule has 0 aliphatic carbocycles. The van der Waals surface area contributed by atoms with E-state index < -0.39 is 10.0 Å². The van der Waals surface area contributed by atoms with Gasteiger partial charge in [-0.1, -0.05) is 25.1 Å². The molecule has 0 saturated carbocycles. The van der Waals surface area contributed by atoms with Crippen LogP contribution < -0.4 is 5.56 Å². The zero-order valence-electron chi connectivity index (χ0n) is 14.1. The van der Waals surface area contributed by atoms with Crippen LogP contribution in [0, 0.1) is 0 Å². The van der Waals surface area contributed by atoms with Gasteiger partial charge < -0.3 is 4.98 Å². The van der Waals surface area contributed by atoms with Gasteiger partial charge in [0.1, 0.15) is 5.82 Å². The van der Waals surface area contributed by atoms with E-state index in [1.165, 1.54) is 0 Å². The minimum absolute atomic E-state index is 0.119. The number of aromatic amines is 1. The third-order valence-corrected chi connectivity index (χ3v) is 7.24. The summed E-state index contributed by atoms with van der Waals surface area (Å²) in [6.45, 7) is 1.94. The average Bonchev–Trinajstić information content (AvgIpc) is 2.91. The molecule has 0 amide bonds. The standard InChI is InChI=1S/C18H21N3O3S/c1-2-17-19-16-11-13-9-8-12(10-15(16)18(22)20-17)21(13)25(23,24)14-6-4-3-5-7-14/h3-7,12-13H,2,8-11H2,1H3,(H,19,20,22)/t12-,13+/m1/s1. The van der Waals surface area contributed by atoms with Crippen LogP contribution in [0.15, 0.2) is 40.0 Å². The smallest absolute Gasteiger partial charge is 0.254 e. The monoisotopic (exact) mass is 359 g/mol. The molecule has 2 aliphatic rings. The Morgan fingerprint density at radius 3 is 2.52 bits per heavy atom. The van der Waals surface area contributed by atoms with Crippen molar-refractivity contribution in [2.75, 3.05) is 0 Å². The summed E-state index contributed by atoms with van der Waals surface area (Å²) in [7, 11) is -3.57. The number of hydrogen-bond donors (Lipinski definition) is 1. The Kier molecular flexibility index (Phi) is 4.00. The highest BCUT2D eigenvalue weighted by atomic mass is 32.2. The van der Waals surface area contributed by atoms with Crippen molar-refractivity contribution >= 4 is 10.0 Å². The lowest BCUT2D eigenvalue weighted by Gasteiger charge is -2.27. The molecule has 7 heteroatoms. The van der Waals surface area contributed by atoms with Crippen molar-refractivity contribution in [2.45, 2.75) is 56.0 Å². The molecule has 1 aromatic carbocycles. The minimum Gasteiger partial charge on any atom is -0.310 e. The summed E-state index contributed by atoms with van der Waals surface area (Å²) in [6.07, 6.45) is 3.19. The van der Waals surface area contributed by atoms with Crippen LogP contribution in [-0.4, -0.2) is 34.8 Å². The third kappa shape index (κ3) is 2.71. The molecule has 25 heavy (non-hydrogen) atoms. The number of H-pyrrole nitrogens is 1. The number of hydrogen-bond acceptors (Lipinski definition) is 4. The van der Waals surface area contributed by atoms with Crippen LogP contribution >= 0.6 is 0 Å². The first kappa shape index (κ1) is 16.5.